The molecule has 0 aromatic heterocycles. The standard InChI is InChI=1S/C24H23FN2O2/c25-20-10-4-11-21(15-20)26-24(29)19-9-5-13-27(16-19)23(28)14-18-8-3-7-17-6-1-2-12-22(17)18/h1-4,6-8,10-12,15,19H,5,9,13-14,16H2,(H,26,29)/t19-/m1/s1. The van der Waals surface area contributed by atoms with E-state index in [2.05, 4.69) is 5.32 Å². The predicted octanol–water partition coefficient (Wildman–Crippen LogP) is 4.40. The Morgan fingerprint density at radius 2 is 1.83 bits per heavy atom. The molecule has 0 aliphatic carbocycles. The summed E-state index contributed by atoms with van der Waals surface area (Å²) < 4.78 is 13.3. The van der Waals surface area contributed by atoms with Gasteiger partial charge in [-0.15, -0.1) is 0 Å². The average molecular weight is 390 g/mol. The number of nitrogens with zero attached hydrogens (tertiary/aromatic N) is 1. The fourth-order valence-corrected chi connectivity index (χ4v) is 3.95. The number of nitrogens with one attached hydrogen (secondary N) is 1. The van der Waals surface area contributed by atoms with E-state index in [1.165, 1.54) is 12.1 Å². The van der Waals surface area contributed by atoms with Crippen LogP contribution in [0.25, 0.3) is 10.8 Å². The number of hydrogen-bond acceptors (Lipinski definition) is 2. The van der Waals surface area contributed by atoms with E-state index in [1.807, 2.05) is 42.5 Å². The number of carbonyl (C=O) groups excluding carboxylic acids is 2. The minimum Gasteiger partial charge on any atom is -0.342 e. The molecule has 4 nitrogen and oxygen atoms in total. The van der Waals surface area contributed by atoms with Crippen molar-refractivity contribution >= 4 is 28.3 Å². The van der Waals surface area contributed by atoms with Gasteiger partial charge in [0.25, 0.3) is 0 Å². The van der Waals surface area contributed by atoms with Crippen molar-refractivity contribution in [2.45, 2.75) is 19.3 Å². The Morgan fingerprint density at radius 3 is 2.69 bits per heavy atom. The van der Waals surface area contributed by atoms with Gasteiger partial charge in [-0.1, -0.05) is 48.5 Å². The maximum Gasteiger partial charge on any atom is 0.229 e. The molecule has 1 aliphatic rings. The molecule has 148 valence electrons. The summed E-state index contributed by atoms with van der Waals surface area (Å²) in [5.74, 6) is -0.815. The quantitative estimate of drug-likeness (QED) is 0.718. The predicted molar refractivity (Wildman–Crippen MR) is 112 cm³/mol. The van der Waals surface area contributed by atoms with Crippen LogP contribution in [0.1, 0.15) is 18.4 Å². The number of benzene rings is 3. The van der Waals surface area contributed by atoms with E-state index in [4.69, 9.17) is 0 Å². The molecule has 1 atom stereocenters. The minimum atomic E-state index is -0.390. The molecule has 0 saturated carbocycles. The fraction of sp³-hybridized carbons (Fsp3) is 0.250. The lowest BCUT2D eigenvalue weighted by molar-refractivity contribution is -0.133. The number of hydrogen-bond donors (Lipinski definition) is 1. The van der Waals surface area contributed by atoms with Gasteiger partial charge in [0.05, 0.1) is 12.3 Å². The van der Waals surface area contributed by atoms with Crippen molar-refractivity contribution in [2.24, 2.45) is 5.92 Å². The number of rotatable bonds is 4. The smallest absolute Gasteiger partial charge is 0.229 e. The molecule has 29 heavy (non-hydrogen) atoms. The monoisotopic (exact) mass is 390 g/mol. The number of amides is 2. The van der Waals surface area contributed by atoms with Crippen LogP contribution in [0.2, 0.25) is 0 Å². The van der Waals surface area contributed by atoms with E-state index in [9.17, 15) is 14.0 Å². The molecular weight excluding hydrogens is 367 g/mol. The van der Waals surface area contributed by atoms with Crippen LogP contribution in [0.5, 0.6) is 0 Å². The summed E-state index contributed by atoms with van der Waals surface area (Å²) in [7, 11) is 0. The SMILES string of the molecule is O=C(Nc1cccc(F)c1)[C@@H]1CCCN(C(=O)Cc2cccc3ccccc23)C1. The molecule has 3 aromatic rings. The Hall–Kier alpha value is -3.21. The van der Waals surface area contributed by atoms with Crippen LogP contribution in [0, 0.1) is 11.7 Å². The molecule has 0 unspecified atom stereocenters. The van der Waals surface area contributed by atoms with Crippen LogP contribution in [-0.4, -0.2) is 29.8 Å². The summed E-state index contributed by atoms with van der Waals surface area (Å²) in [5, 5.41) is 4.97. The molecule has 0 spiro atoms. The maximum absolute atomic E-state index is 13.3. The molecule has 4 rings (SSSR count). The molecule has 0 bridgehead atoms. The highest BCUT2D eigenvalue weighted by Crippen LogP contribution is 2.23. The largest absolute Gasteiger partial charge is 0.342 e. The average Bonchev–Trinajstić information content (AvgIpc) is 2.74. The first-order valence-corrected chi connectivity index (χ1v) is 9.91. The molecule has 1 saturated heterocycles. The fourth-order valence-electron chi connectivity index (χ4n) is 3.95. The van der Waals surface area contributed by atoms with Gasteiger partial charge < -0.3 is 10.2 Å². The number of fused-ring (bicyclic) bond motifs is 1. The Bertz CT molecular complexity index is 1040. The summed E-state index contributed by atoms with van der Waals surface area (Å²) >= 11 is 0. The first-order chi connectivity index (χ1) is 14.1. The summed E-state index contributed by atoms with van der Waals surface area (Å²) in [5.41, 5.74) is 1.44. The van der Waals surface area contributed by atoms with Crippen molar-refractivity contribution in [2.75, 3.05) is 18.4 Å². The Balaban J connectivity index is 1.42. The molecule has 1 heterocycles. The number of anilines is 1. The van der Waals surface area contributed by atoms with E-state index in [0.717, 1.165) is 29.2 Å². The van der Waals surface area contributed by atoms with Crippen LogP contribution in [0.4, 0.5) is 10.1 Å². The highest BCUT2D eigenvalue weighted by Gasteiger charge is 2.28. The molecule has 1 fully saturated rings. The van der Waals surface area contributed by atoms with Crippen LogP contribution in [0.3, 0.4) is 0 Å². The number of carbonyl (C=O) groups is 2. The molecule has 5 heteroatoms. The normalized spacial score (nSPS) is 16.6. The van der Waals surface area contributed by atoms with Crippen molar-refractivity contribution in [3.05, 3.63) is 78.1 Å². The van der Waals surface area contributed by atoms with Gasteiger partial charge in [-0.05, 0) is 47.4 Å². The van der Waals surface area contributed by atoms with Gasteiger partial charge in [0.15, 0.2) is 0 Å². The van der Waals surface area contributed by atoms with Gasteiger partial charge in [0, 0.05) is 18.8 Å². The summed E-state index contributed by atoms with van der Waals surface area (Å²) in [6.07, 6.45) is 1.82. The highest BCUT2D eigenvalue weighted by atomic mass is 19.1. The molecular formula is C24H23FN2O2. The zero-order chi connectivity index (χ0) is 20.2. The van der Waals surface area contributed by atoms with Crippen LogP contribution < -0.4 is 5.32 Å². The van der Waals surface area contributed by atoms with Crippen molar-refractivity contribution in [1.82, 2.24) is 4.90 Å². The minimum absolute atomic E-state index is 0.0320. The molecule has 2 amide bonds. The van der Waals surface area contributed by atoms with Crippen LogP contribution in [-0.2, 0) is 16.0 Å². The molecule has 1 aliphatic heterocycles. The van der Waals surface area contributed by atoms with Gasteiger partial charge in [0.2, 0.25) is 11.8 Å². The maximum atomic E-state index is 13.3. The van der Waals surface area contributed by atoms with E-state index >= 15 is 0 Å². The van der Waals surface area contributed by atoms with Crippen molar-refractivity contribution in [3.63, 3.8) is 0 Å². The Labute approximate surface area is 169 Å². The first kappa shape index (κ1) is 19.1. The topological polar surface area (TPSA) is 49.4 Å². The Kier molecular flexibility index (Phi) is 5.56. The van der Waals surface area contributed by atoms with Gasteiger partial charge in [0.1, 0.15) is 5.82 Å². The number of likely N-dealkylation sites (tertiary alicyclic amines) is 1. The molecule has 1 N–H and O–H groups in total. The zero-order valence-electron chi connectivity index (χ0n) is 16.1. The lowest BCUT2D eigenvalue weighted by atomic mass is 9.95. The van der Waals surface area contributed by atoms with Gasteiger partial charge in [-0.3, -0.25) is 9.59 Å². The third-order valence-electron chi connectivity index (χ3n) is 5.46. The van der Waals surface area contributed by atoms with Crippen LogP contribution >= 0.6 is 0 Å². The van der Waals surface area contributed by atoms with Gasteiger partial charge >= 0.3 is 0 Å². The van der Waals surface area contributed by atoms with Crippen LogP contribution in [0.15, 0.2) is 66.7 Å². The summed E-state index contributed by atoms with van der Waals surface area (Å²) in [4.78, 5) is 27.3. The lowest BCUT2D eigenvalue weighted by Crippen LogP contribution is -2.44. The second kappa shape index (κ2) is 8.43. The Morgan fingerprint density at radius 1 is 1.03 bits per heavy atom. The second-order valence-corrected chi connectivity index (χ2v) is 7.49. The van der Waals surface area contributed by atoms with E-state index in [-0.39, 0.29) is 17.7 Å². The zero-order valence-corrected chi connectivity index (χ0v) is 16.1. The van der Waals surface area contributed by atoms with Crippen molar-refractivity contribution in [1.29, 1.82) is 0 Å². The van der Waals surface area contributed by atoms with E-state index < -0.39 is 5.82 Å². The van der Waals surface area contributed by atoms with E-state index in [1.54, 1.807) is 17.0 Å². The molecule has 3 aromatic carbocycles. The third-order valence-corrected chi connectivity index (χ3v) is 5.46. The lowest BCUT2D eigenvalue weighted by Gasteiger charge is -2.32. The van der Waals surface area contributed by atoms with Gasteiger partial charge in [-0.2, -0.15) is 0 Å². The number of piperidine rings is 1. The van der Waals surface area contributed by atoms with Crippen molar-refractivity contribution in [3.8, 4) is 0 Å². The van der Waals surface area contributed by atoms with E-state index in [0.29, 0.717) is 25.2 Å². The highest BCUT2D eigenvalue weighted by molar-refractivity contribution is 5.94. The third kappa shape index (κ3) is 4.45. The van der Waals surface area contributed by atoms with Gasteiger partial charge in [-0.25, -0.2) is 4.39 Å². The molecule has 0 radical (unpaired) electrons. The van der Waals surface area contributed by atoms with Crippen molar-refractivity contribution < 1.29 is 14.0 Å². The summed E-state index contributed by atoms with van der Waals surface area (Å²) in [6, 6.07) is 19.9. The summed E-state index contributed by atoms with van der Waals surface area (Å²) in [6.45, 7) is 1.05. The second-order valence-electron chi connectivity index (χ2n) is 7.49. The number of halogens is 1. The first-order valence-electron chi connectivity index (χ1n) is 9.91.